The molecule has 124 valence electrons. The van der Waals surface area contributed by atoms with E-state index in [1.807, 2.05) is 60.7 Å². The minimum absolute atomic E-state index is 0.00305. The molecule has 0 aromatic heterocycles. The minimum Gasteiger partial charge on any atom is -0.484 e. The SMILES string of the molecule is O=C1CN(C(=O)COc2ccc3ccccc3c2)c2ccccc2N1. The molecule has 3 aromatic rings. The van der Waals surface area contributed by atoms with Crippen LogP contribution in [0.15, 0.2) is 66.7 Å². The summed E-state index contributed by atoms with van der Waals surface area (Å²) in [5, 5.41) is 4.93. The van der Waals surface area contributed by atoms with Crippen molar-refractivity contribution in [2.75, 3.05) is 23.4 Å². The number of para-hydroxylation sites is 2. The molecule has 1 aliphatic heterocycles. The van der Waals surface area contributed by atoms with E-state index in [4.69, 9.17) is 4.74 Å². The largest absolute Gasteiger partial charge is 0.484 e. The topological polar surface area (TPSA) is 58.6 Å². The summed E-state index contributed by atoms with van der Waals surface area (Å²) < 4.78 is 5.66. The Labute approximate surface area is 144 Å². The van der Waals surface area contributed by atoms with Crippen LogP contribution in [0.3, 0.4) is 0 Å². The van der Waals surface area contributed by atoms with E-state index in [2.05, 4.69) is 5.32 Å². The number of amides is 2. The maximum Gasteiger partial charge on any atom is 0.265 e. The van der Waals surface area contributed by atoms with Gasteiger partial charge in [0.1, 0.15) is 12.3 Å². The zero-order valence-corrected chi connectivity index (χ0v) is 13.4. The van der Waals surface area contributed by atoms with Crippen LogP contribution in [-0.4, -0.2) is 25.0 Å². The van der Waals surface area contributed by atoms with Gasteiger partial charge in [0.2, 0.25) is 5.91 Å². The molecule has 5 nitrogen and oxygen atoms in total. The van der Waals surface area contributed by atoms with Crippen LogP contribution >= 0.6 is 0 Å². The van der Waals surface area contributed by atoms with Crippen molar-refractivity contribution in [3.05, 3.63) is 66.7 Å². The first-order chi connectivity index (χ1) is 12.2. The Morgan fingerprint density at radius 1 is 1.00 bits per heavy atom. The van der Waals surface area contributed by atoms with Crippen molar-refractivity contribution in [2.45, 2.75) is 0 Å². The lowest BCUT2D eigenvalue weighted by Crippen LogP contribution is -2.44. The van der Waals surface area contributed by atoms with Gasteiger partial charge in [0.05, 0.1) is 11.4 Å². The van der Waals surface area contributed by atoms with Gasteiger partial charge in [-0.3, -0.25) is 14.5 Å². The lowest BCUT2D eigenvalue weighted by molar-refractivity contribution is -0.123. The molecule has 5 heteroatoms. The molecule has 0 spiro atoms. The van der Waals surface area contributed by atoms with Crippen LogP contribution in [0.1, 0.15) is 0 Å². The van der Waals surface area contributed by atoms with Crippen molar-refractivity contribution in [3.8, 4) is 5.75 Å². The summed E-state index contributed by atoms with van der Waals surface area (Å²) in [6.45, 7) is -0.128. The van der Waals surface area contributed by atoms with E-state index in [1.54, 1.807) is 6.07 Å². The highest BCUT2D eigenvalue weighted by molar-refractivity contribution is 6.10. The Morgan fingerprint density at radius 2 is 1.76 bits per heavy atom. The Morgan fingerprint density at radius 3 is 2.64 bits per heavy atom. The lowest BCUT2D eigenvalue weighted by atomic mass is 10.1. The fourth-order valence-electron chi connectivity index (χ4n) is 2.94. The number of fused-ring (bicyclic) bond motifs is 2. The van der Waals surface area contributed by atoms with E-state index < -0.39 is 0 Å². The predicted octanol–water partition coefficient (Wildman–Crippen LogP) is 3.20. The molecule has 4 rings (SSSR count). The molecule has 1 heterocycles. The standard InChI is InChI=1S/C20H16N2O3/c23-19-12-22(18-8-4-3-7-17(18)21-19)20(24)13-25-16-10-9-14-5-1-2-6-15(14)11-16/h1-11H,12-13H2,(H,21,23). The summed E-state index contributed by atoms with van der Waals surface area (Å²) in [4.78, 5) is 25.8. The quantitative estimate of drug-likeness (QED) is 0.801. The molecule has 0 fully saturated rings. The average Bonchev–Trinajstić information content (AvgIpc) is 2.65. The average molecular weight is 332 g/mol. The molecule has 0 unspecified atom stereocenters. The fourth-order valence-corrected chi connectivity index (χ4v) is 2.94. The number of rotatable bonds is 3. The summed E-state index contributed by atoms with van der Waals surface area (Å²) >= 11 is 0. The third kappa shape index (κ3) is 3.04. The van der Waals surface area contributed by atoms with Crippen molar-refractivity contribution in [1.82, 2.24) is 0 Å². The predicted molar refractivity (Wildman–Crippen MR) is 96.9 cm³/mol. The number of carbonyl (C=O) groups excluding carboxylic acids is 2. The smallest absolute Gasteiger partial charge is 0.265 e. The first-order valence-electron chi connectivity index (χ1n) is 8.01. The molecule has 3 aromatic carbocycles. The highest BCUT2D eigenvalue weighted by Gasteiger charge is 2.26. The monoisotopic (exact) mass is 332 g/mol. The molecule has 0 radical (unpaired) electrons. The van der Waals surface area contributed by atoms with E-state index in [9.17, 15) is 9.59 Å². The van der Waals surface area contributed by atoms with Gasteiger partial charge in [0.15, 0.2) is 6.61 Å². The van der Waals surface area contributed by atoms with Crippen molar-refractivity contribution < 1.29 is 14.3 Å². The Balaban J connectivity index is 1.51. The fraction of sp³-hybridized carbons (Fsp3) is 0.100. The number of anilines is 2. The molecule has 1 aliphatic rings. The molecule has 0 saturated heterocycles. The maximum atomic E-state index is 12.6. The van der Waals surface area contributed by atoms with Gasteiger partial charge in [-0.15, -0.1) is 0 Å². The molecule has 0 saturated carbocycles. The molecule has 0 bridgehead atoms. The molecular weight excluding hydrogens is 316 g/mol. The highest BCUT2D eigenvalue weighted by Crippen LogP contribution is 2.29. The van der Waals surface area contributed by atoms with Gasteiger partial charge in [-0.05, 0) is 35.0 Å². The third-order valence-corrected chi connectivity index (χ3v) is 4.15. The molecular formula is C20H16N2O3. The maximum absolute atomic E-state index is 12.6. The first-order valence-corrected chi connectivity index (χ1v) is 8.01. The number of benzene rings is 3. The van der Waals surface area contributed by atoms with Gasteiger partial charge in [-0.2, -0.15) is 0 Å². The van der Waals surface area contributed by atoms with Gasteiger partial charge >= 0.3 is 0 Å². The minimum atomic E-state index is -0.254. The van der Waals surface area contributed by atoms with Gasteiger partial charge in [-0.25, -0.2) is 0 Å². The van der Waals surface area contributed by atoms with Crippen LogP contribution in [-0.2, 0) is 9.59 Å². The van der Waals surface area contributed by atoms with Crippen LogP contribution < -0.4 is 15.0 Å². The molecule has 2 amide bonds. The summed E-state index contributed by atoms with van der Waals surface area (Å²) in [5.41, 5.74) is 1.33. The zero-order chi connectivity index (χ0) is 17.2. The Kier molecular flexibility index (Phi) is 3.82. The van der Waals surface area contributed by atoms with Gasteiger partial charge < -0.3 is 10.1 Å². The van der Waals surface area contributed by atoms with Crippen molar-refractivity contribution in [1.29, 1.82) is 0 Å². The van der Waals surface area contributed by atoms with Crippen LogP contribution in [0, 0.1) is 0 Å². The second-order valence-electron chi connectivity index (χ2n) is 5.84. The van der Waals surface area contributed by atoms with Gasteiger partial charge in [-0.1, -0.05) is 42.5 Å². The molecule has 25 heavy (non-hydrogen) atoms. The number of carbonyl (C=O) groups is 2. The number of hydrogen-bond acceptors (Lipinski definition) is 3. The van der Waals surface area contributed by atoms with E-state index in [1.165, 1.54) is 4.90 Å². The zero-order valence-electron chi connectivity index (χ0n) is 13.4. The summed E-state index contributed by atoms with van der Waals surface area (Å²) in [6, 6.07) is 20.9. The highest BCUT2D eigenvalue weighted by atomic mass is 16.5. The van der Waals surface area contributed by atoms with Crippen LogP contribution in [0.2, 0.25) is 0 Å². The van der Waals surface area contributed by atoms with Crippen molar-refractivity contribution >= 4 is 34.0 Å². The van der Waals surface area contributed by atoms with Crippen LogP contribution in [0.25, 0.3) is 10.8 Å². The lowest BCUT2D eigenvalue weighted by Gasteiger charge is -2.29. The second-order valence-corrected chi connectivity index (χ2v) is 5.84. The third-order valence-electron chi connectivity index (χ3n) is 4.15. The summed E-state index contributed by atoms with van der Waals surface area (Å²) in [5.74, 6) is 0.162. The number of hydrogen-bond donors (Lipinski definition) is 1. The summed E-state index contributed by atoms with van der Waals surface area (Å²) in [7, 11) is 0. The van der Waals surface area contributed by atoms with E-state index >= 15 is 0 Å². The molecule has 0 aliphatic carbocycles. The normalized spacial score (nSPS) is 13.3. The van der Waals surface area contributed by atoms with Crippen LogP contribution in [0.4, 0.5) is 11.4 Å². The van der Waals surface area contributed by atoms with Gasteiger partial charge in [0.25, 0.3) is 5.91 Å². The Hall–Kier alpha value is -3.34. The molecule has 0 atom stereocenters. The van der Waals surface area contributed by atoms with Crippen molar-refractivity contribution in [3.63, 3.8) is 0 Å². The van der Waals surface area contributed by atoms with E-state index in [0.717, 1.165) is 10.8 Å². The van der Waals surface area contributed by atoms with E-state index in [-0.39, 0.29) is 25.0 Å². The second kappa shape index (κ2) is 6.28. The number of nitrogens with one attached hydrogen (secondary N) is 1. The van der Waals surface area contributed by atoms with Crippen LogP contribution in [0.5, 0.6) is 5.75 Å². The van der Waals surface area contributed by atoms with Gasteiger partial charge in [0, 0.05) is 0 Å². The first kappa shape index (κ1) is 15.2. The van der Waals surface area contributed by atoms with Crippen molar-refractivity contribution in [2.24, 2.45) is 0 Å². The molecule has 1 N–H and O–H groups in total. The number of ether oxygens (including phenoxy) is 1. The van der Waals surface area contributed by atoms with E-state index in [0.29, 0.717) is 17.1 Å². The number of nitrogens with zero attached hydrogens (tertiary/aromatic N) is 1. The Bertz CT molecular complexity index is 968. The summed E-state index contributed by atoms with van der Waals surface area (Å²) in [6.07, 6.45) is 0.